The van der Waals surface area contributed by atoms with E-state index < -0.39 is 0 Å². The van der Waals surface area contributed by atoms with Crippen LogP contribution in [0.3, 0.4) is 0 Å². The van der Waals surface area contributed by atoms with Crippen molar-refractivity contribution in [1.29, 1.82) is 0 Å². The summed E-state index contributed by atoms with van der Waals surface area (Å²) in [5, 5.41) is 2.93. The van der Waals surface area contributed by atoms with E-state index in [9.17, 15) is 4.79 Å². The maximum absolute atomic E-state index is 11.8. The number of carbonyl (C=O) groups excluding carboxylic acids is 1. The maximum atomic E-state index is 11.8. The van der Waals surface area contributed by atoms with Crippen LogP contribution in [-0.4, -0.2) is 44.1 Å². The molecule has 4 heteroatoms. The Morgan fingerprint density at radius 1 is 1.29 bits per heavy atom. The van der Waals surface area contributed by atoms with Crippen LogP contribution in [0.4, 0.5) is 0 Å². The number of methoxy groups -OCH3 is 1. The zero-order chi connectivity index (χ0) is 14.9. The van der Waals surface area contributed by atoms with Crippen molar-refractivity contribution >= 4 is 12.0 Å². The molecular weight excluding hydrogens is 264 g/mol. The third-order valence-electron chi connectivity index (χ3n) is 3.73. The maximum Gasteiger partial charge on any atom is 0.244 e. The van der Waals surface area contributed by atoms with Crippen molar-refractivity contribution in [1.82, 2.24) is 10.2 Å². The minimum absolute atomic E-state index is 0.0575. The Hall–Kier alpha value is -1.81. The predicted molar refractivity (Wildman–Crippen MR) is 85.3 cm³/mol. The molecule has 1 N–H and O–H groups in total. The van der Waals surface area contributed by atoms with Crippen LogP contribution >= 0.6 is 0 Å². The average molecular weight is 288 g/mol. The van der Waals surface area contributed by atoms with Gasteiger partial charge in [0.05, 0.1) is 7.11 Å². The summed E-state index contributed by atoms with van der Waals surface area (Å²) in [6.45, 7) is 3.96. The van der Waals surface area contributed by atoms with E-state index in [1.165, 1.54) is 19.3 Å². The molecule has 0 bridgehead atoms. The molecule has 0 aliphatic carbocycles. The second kappa shape index (κ2) is 8.47. The van der Waals surface area contributed by atoms with Gasteiger partial charge in [-0.3, -0.25) is 4.79 Å². The summed E-state index contributed by atoms with van der Waals surface area (Å²) in [5.41, 5.74) is 0.909. The second-order valence-corrected chi connectivity index (χ2v) is 5.27. The first-order valence-corrected chi connectivity index (χ1v) is 7.61. The number of carbonyl (C=O) groups is 1. The molecule has 0 aromatic heterocycles. The van der Waals surface area contributed by atoms with E-state index in [0.29, 0.717) is 6.54 Å². The predicted octanol–water partition coefficient (Wildman–Crippen LogP) is 2.31. The summed E-state index contributed by atoms with van der Waals surface area (Å²) in [4.78, 5) is 14.2. The lowest BCUT2D eigenvalue weighted by molar-refractivity contribution is -0.116. The third kappa shape index (κ3) is 5.23. The highest BCUT2D eigenvalue weighted by Gasteiger charge is 2.09. The van der Waals surface area contributed by atoms with E-state index in [1.54, 1.807) is 19.3 Å². The van der Waals surface area contributed by atoms with Crippen molar-refractivity contribution in [3.63, 3.8) is 0 Å². The Labute approximate surface area is 126 Å². The molecule has 114 valence electrons. The Morgan fingerprint density at radius 2 is 2.05 bits per heavy atom. The van der Waals surface area contributed by atoms with Crippen LogP contribution < -0.4 is 10.1 Å². The summed E-state index contributed by atoms with van der Waals surface area (Å²) in [6, 6.07) is 7.65. The molecule has 0 atom stereocenters. The first kappa shape index (κ1) is 15.6. The Kier molecular flexibility index (Phi) is 6.28. The Morgan fingerprint density at radius 3 is 2.81 bits per heavy atom. The van der Waals surface area contributed by atoms with Gasteiger partial charge < -0.3 is 15.0 Å². The Bertz CT molecular complexity index is 479. The number of hydrogen-bond acceptors (Lipinski definition) is 3. The van der Waals surface area contributed by atoms with Crippen LogP contribution in [0.15, 0.2) is 30.3 Å². The molecule has 1 aliphatic heterocycles. The van der Waals surface area contributed by atoms with Crippen molar-refractivity contribution in [2.75, 3.05) is 33.3 Å². The summed E-state index contributed by atoms with van der Waals surface area (Å²) in [7, 11) is 1.63. The second-order valence-electron chi connectivity index (χ2n) is 5.27. The highest BCUT2D eigenvalue weighted by molar-refractivity contribution is 5.92. The number of piperidine rings is 1. The van der Waals surface area contributed by atoms with Gasteiger partial charge >= 0.3 is 0 Å². The molecule has 1 aromatic carbocycles. The zero-order valence-corrected chi connectivity index (χ0v) is 12.7. The van der Waals surface area contributed by atoms with Gasteiger partial charge in [0.25, 0.3) is 0 Å². The Balaban J connectivity index is 1.74. The molecule has 4 nitrogen and oxygen atoms in total. The molecule has 1 aromatic rings. The number of ether oxygens (including phenoxy) is 1. The first-order valence-electron chi connectivity index (χ1n) is 7.61. The van der Waals surface area contributed by atoms with Crippen molar-refractivity contribution in [2.24, 2.45) is 0 Å². The molecule has 0 spiro atoms. The topological polar surface area (TPSA) is 41.6 Å². The van der Waals surface area contributed by atoms with E-state index in [-0.39, 0.29) is 5.91 Å². The van der Waals surface area contributed by atoms with E-state index in [4.69, 9.17) is 4.74 Å². The fraction of sp³-hybridized carbons (Fsp3) is 0.471. The van der Waals surface area contributed by atoms with E-state index in [2.05, 4.69) is 10.2 Å². The SMILES string of the molecule is COc1ccccc1/C=C/C(=O)NCCN1CCCCC1. The lowest BCUT2D eigenvalue weighted by Crippen LogP contribution is -2.37. The van der Waals surface area contributed by atoms with Crippen molar-refractivity contribution in [2.45, 2.75) is 19.3 Å². The van der Waals surface area contributed by atoms with Crippen molar-refractivity contribution in [3.05, 3.63) is 35.9 Å². The van der Waals surface area contributed by atoms with Gasteiger partial charge in [0, 0.05) is 24.7 Å². The highest BCUT2D eigenvalue weighted by atomic mass is 16.5. The molecule has 0 radical (unpaired) electrons. The molecular formula is C17H24N2O2. The van der Waals surface area contributed by atoms with Crippen LogP contribution in [-0.2, 0) is 4.79 Å². The fourth-order valence-electron chi connectivity index (χ4n) is 2.55. The number of likely N-dealkylation sites (tertiary alicyclic amines) is 1. The standard InChI is InChI=1S/C17H24N2O2/c1-21-16-8-4-3-7-15(16)9-10-17(20)18-11-14-19-12-5-2-6-13-19/h3-4,7-10H,2,5-6,11-14H2,1H3,(H,18,20)/b10-9+. The number of benzene rings is 1. The van der Waals surface area contributed by atoms with E-state index in [0.717, 1.165) is 30.9 Å². The lowest BCUT2D eigenvalue weighted by Gasteiger charge is -2.26. The van der Waals surface area contributed by atoms with Crippen LogP contribution in [0.1, 0.15) is 24.8 Å². The lowest BCUT2D eigenvalue weighted by atomic mass is 10.1. The number of para-hydroxylation sites is 1. The van der Waals surface area contributed by atoms with Crippen LogP contribution in [0, 0.1) is 0 Å². The first-order chi connectivity index (χ1) is 10.3. The summed E-state index contributed by atoms with van der Waals surface area (Å²) in [6.07, 6.45) is 7.25. The summed E-state index contributed by atoms with van der Waals surface area (Å²) >= 11 is 0. The molecule has 21 heavy (non-hydrogen) atoms. The van der Waals surface area contributed by atoms with Gasteiger partial charge in [0.1, 0.15) is 5.75 Å². The van der Waals surface area contributed by atoms with Crippen LogP contribution in [0.25, 0.3) is 6.08 Å². The fourth-order valence-corrected chi connectivity index (χ4v) is 2.55. The smallest absolute Gasteiger partial charge is 0.244 e. The van der Waals surface area contributed by atoms with Gasteiger partial charge in [-0.25, -0.2) is 0 Å². The molecule has 0 saturated carbocycles. The van der Waals surface area contributed by atoms with Crippen molar-refractivity contribution < 1.29 is 9.53 Å². The van der Waals surface area contributed by atoms with Gasteiger partial charge in [0.15, 0.2) is 0 Å². The van der Waals surface area contributed by atoms with E-state index >= 15 is 0 Å². The monoisotopic (exact) mass is 288 g/mol. The summed E-state index contributed by atoms with van der Waals surface area (Å²) in [5.74, 6) is 0.716. The van der Waals surface area contributed by atoms with Gasteiger partial charge in [-0.15, -0.1) is 0 Å². The normalized spacial score (nSPS) is 16.0. The number of amides is 1. The van der Waals surface area contributed by atoms with Crippen molar-refractivity contribution in [3.8, 4) is 5.75 Å². The highest BCUT2D eigenvalue weighted by Crippen LogP contribution is 2.18. The molecule has 1 saturated heterocycles. The largest absolute Gasteiger partial charge is 0.496 e. The minimum Gasteiger partial charge on any atom is -0.496 e. The van der Waals surface area contributed by atoms with Gasteiger partial charge in [-0.2, -0.15) is 0 Å². The third-order valence-corrected chi connectivity index (χ3v) is 3.73. The number of nitrogens with one attached hydrogen (secondary N) is 1. The number of hydrogen-bond donors (Lipinski definition) is 1. The minimum atomic E-state index is -0.0575. The molecule has 1 fully saturated rings. The zero-order valence-electron chi connectivity index (χ0n) is 12.7. The molecule has 1 aliphatic rings. The quantitative estimate of drug-likeness (QED) is 0.817. The van der Waals surface area contributed by atoms with Gasteiger partial charge in [-0.05, 0) is 38.1 Å². The number of rotatable bonds is 6. The summed E-state index contributed by atoms with van der Waals surface area (Å²) < 4.78 is 5.25. The molecule has 0 unspecified atom stereocenters. The molecule has 1 heterocycles. The molecule has 2 rings (SSSR count). The van der Waals surface area contributed by atoms with Crippen LogP contribution in [0.5, 0.6) is 5.75 Å². The van der Waals surface area contributed by atoms with Gasteiger partial charge in [-0.1, -0.05) is 24.6 Å². The van der Waals surface area contributed by atoms with Crippen LogP contribution in [0.2, 0.25) is 0 Å². The molecule has 1 amide bonds. The average Bonchev–Trinajstić information content (AvgIpc) is 2.54. The number of nitrogens with zero attached hydrogens (tertiary/aromatic N) is 1. The van der Waals surface area contributed by atoms with E-state index in [1.807, 2.05) is 24.3 Å². The van der Waals surface area contributed by atoms with Gasteiger partial charge in [0.2, 0.25) is 5.91 Å².